The van der Waals surface area contributed by atoms with Crippen molar-refractivity contribution in [1.82, 2.24) is 10.4 Å². The summed E-state index contributed by atoms with van der Waals surface area (Å²) in [6, 6.07) is 13.3. The molecule has 6 nitrogen and oxygen atoms in total. The Labute approximate surface area is 151 Å². The molecule has 1 unspecified atom stereocenters. The zero-order valence-electron chi connectivity index (χ0n) is 14.1. The van der Waals surface area contributed by atoms with Crippen LogP contribution in [0.1, 0.15) is 21.5 Å². The van der Waals surface area contributed by atoms with Gasteiger partial charge < -0.3 is 11.1 Å². The Kier molecular flexibility index (Phi) is 6.15. The van der Waals surface area contributed by atoms with Crippen molar-refractivity contribution in [3.8, 4) is 11.8 Å². The van der Waals surface area contributed by atoms with Crippen molar-refractivity contribution in [2.24, 2.45) is 0 Å². The zero-order valence-corrected chi connectivity index (χ0v) is 14.1. The van der Waals surface area contributed by atoms with E-state index in [0.29, 0.717) is 16.3 Å². The van der Waals surface area contributed by atoms with Gasteiger partial charge >= 0.3 is 0 Å². The van der Waals surface area contributed by atoms with Crippen molar-refractivity contribution in [2.45, 2.75) is 6.04 Å². The maximum Gasteiger partial charge on any atom is 0.270 e. The molecule has 132 valence electrons. The SMILES string of the molecule is C=C.Nc1ccc(C#Cc2ccc(C(=O)NC3CN(O)C3=O)cc2)cc1. The first-order chi connectivity index (χ1) is 12.5. The molecule has 0 spiro atoms. The summed E-state index contributed by atoms with van der Waals surface area (Å²) < 4.78 is 0. The van der Waals surface area contributed by atoms with Crippen LogP contribution in [0.25, 0.3) is 0 Å². The van der Waals surface area contributed by atoms with Crippen LogP contribution in [-0.4, -0.2) is 34.7 Å². The summed E-state index contributed by atoms with van der Waals surface area (Å²) in [7, 11) is 0. The van der Waals surface area contributed by atoms with E-state index in [9.17, 15) is 9.59 Å². The molecule has 0 aliphatic carbocycles. The minimum Gasteiger partial charge on any atom is -0.399 e. The molecule has 2 aromatic carbocycles. The van der Waals surface area contributed by atoms with Gasteiger partial charge in [-0.2, -0.15) is 0 Å². The molecule has 1 aliphatic heterocycles. The number of rotatable bonds is 2. The molecule has 1 fully saturated rings. The minimum atomic E-state index is -0.660. The third-order valence-electron chi connectivity index (χ3n) is 3.62. The van der Waals surface area contributed by atoms with E-state index in [1.807, 2.05) is 12.1 Å². The monoisotopic (exact) mass is 349 g/mol. The molecular formula is C20H19N3O3. The van der Waals surface area contributed by atoms with Crippen LogP contribution in [0.3, 0.4) is 0 Å². The summed E-state index contributed by atoms with van der Waals surface area (Å²) >= 11 is 0. The Morgan fingerprint density at radius 2 is 1.58 bits per heavy atom. The summed E-state index contributed by atoms with van der Waals surface area (Å²) in [5.41, 5.74) is 8.35. The number of β-lactam (4-membered cyclic amide) rings is 1. The molecule has 4 N–H and O–H groups in total. The minimum absolute atomic E-state index is 0.107. The van der Waals surface area contributed by atoms with Gasteiger partial charge in [-0.1, -0.05) is 11.8 Å². The van der Waals surface area contributed by atoms with Gasteiger partial charge in [0, 0.05) is 22.4 Å². The summed E-state index contributed by atoms with van der Waals surface area (Å²) in [6.45, 7) is 6.11. The number of hydrogen-bond acceptors (Lipinski definition) is 4. The largest absolute Gasteiger partial charge is 0.399 e. The lowest BCUT2D eigenvalue weighted by molar-refractivity contribution is -0.189. The second kappa shape index (κ2) is 8.51. The zero-order chi connectivity index (χ0) is 19.1. The highest BCUT2D eigenvalue weighted by Crippen LogP contribution is 2.09. The van der Waals surface area contributed by atoms with E-state index in [2.05, 4.69) is 30.3 Å². The van der Waals surface area contributed by atoms with Gasteiger partial charge in [-0.25, -0.2) is 5.06 Å². The summed E-state index contributed by atoms with van der Waals surface area (Å²) in [4.78, 5) is 23.3. The highest BCUT2D eigenvalue weighted by molar-refractivity contribution is 5.99. The predicted octanol–water partition coefficient (Wildman–Crippen LogP) is 1.80. The maximum atomic E-state index is 12.0. The number of carbonyl (C=O) groups is 2. The van der Waals surface area contributed by atoms with E-state index >= 15 is 0 Å². The first-order valence-corrected chi connectivity index (χ1v) is 7.82. The first-order valence-electron chi connectivity index (χ1n) is 7.82. The molecule has 1 aliphatic rings. The van der Waals surface area contributed by atoms with Gasteiger partial charge in [0.25, 0.3) is 11.8 Å². The second-order valence-corrected chi connectivity index (χ2v) is 5.40. The van der Waals surface area contributed by atoms with Crippen molar-refractivity contribution >= 4 is 17.5 Å². The number of amides is 2. The molecular weight excluding hydrogens is 330 g/mol. The predicted molar refractivity (Wildman–Crippen MR) is 99.3 cm³/mol. The fourth-order valence-corrected chi connectivity index (χ4v) is 2.17. The first kappa shape index (κ1) is 18.8. The third-order valence-corrected chi connectivity index (χ3v) is 3.62. The normalized spacial score (nSPS) is 14.9. The van der Waals surface area contributed by atoms with Crippen LogP contribution in [0.15, 0.2) is 61.7 Å². The van der Waals surface area contributed by atoms with Gasteiger partial charge in [-0.3, -0.25) is 14.8 Å². The van der Waals surface area contributed by atoms with Gasteiger partial charge in [-0.15, -0.1) is 13.2 Å². The smallest absolute Gasteiger partial charge is 0.270 e. The van der Waals surface area contributed by atoms with E-state index in [1.165, 1.54) is 0 Å². The number of carbonyl (C=O) groups excluding carboxylic acids is 2. The molecule has 0 bridgehead atoms. The van der Waals surface area contributed by atoms with Crippen molar-refractivity contribution < 1.29 is 14.8 Å². The molecule has 2 aromatic rings. The third kappa shape index (κ3) is 4.50. The van der Waals surface area contributed by atoms with E-state index in [-0.39, 0.29) is 12.5 Å². The molecule has 1 saturated heterocycles. The average Bonchev–Trinajstić information content (AvgIpc) is 2.69. The number of nitrogen functional groups attached to an aromatic ring is 1. The van der Waals surface area contributed by atoms with Crippen LogP contribution in [0, 0.1) is 11.8 Å². The fraction of sp³-hybridized carbons (Fsp3) is 0.100. The van der Waals surface area contributed by atoms with Crippen LogP contribution in [0.2, 0.25) is 0 Å². The quantitative estimate of drug-likeness (QED) is 0.253. The number of hydroxylamine groups is 2. The molecule has 2 amide bonds. The van der Waals surface area contributed by atoms with Crippen LogP contribution < -0.4 is 11.1 Å². The molecule has 26 heavy (non-hydrogen) atoms. The summed E-state index contributed by atoms with van der Waals surface area (Å²) in [5, 5.41) is 12.1. The van der Waals surface area contributed by atoms with Gasteiger partial charge in [0.2, 0.25) is 0 Å². The van der Waals surface area contributed by atoms with Crippen LogP contribution >= 0.6 is 0 Å². The average molecular weight is 349 g/mol. The van der Waals surface area contributed by atoms with Crippen molar-refractivity contribution in [1.29, 1.82) is 0 Å². The Morgan fingerprint density at radius 1 is 1.08 bits per heavy atom. The van der Waals surface area contributed by atoms with E-state index in [0.717, 1.165) is 11.1 Å². The lowest BCUT2D eigenvalue weighted by atomic mass is 10.1. The molecule has 1 atom stereocenters. The number of nitrogens with one attached hydrogen (secondary N) is 1. The van der Waals surface area contributed by atoms with Crippen LogP contribution in [0.5, 0.6) is 0 Å². The number of hydrogen-bond donors (Lipinski definition) is 3. The van der Waals surface area contributed by atoms with Crippen LogP contribution in [0.4, 0.5) is 5.69 Å². The lowest BCUT2D eigenvalue weighted by Crippen LogP contribution is -2.62. The van der Waals surface area contributed by atoms with E-state index < -0.39 is 11.9 Å². The fourth-order valence-electron chi connectivity index (χ4n) is 2.17. The summed E-state index contributed by atoms with van der Waals surface area (Å²) in [6.07, 6.45) is 0. The highest BCUT2D eigenvalue weighted by atomic mass is 16.5. The second-order valence-electron chi connectivity index (χ2n) is 5.40. The summed E-state index contributed by atoms with van der Waals surface area (Å²) in [5.74, 6) is 5.15. The standard InChI is InChI=1S/C18H15N3O3.C2H4/c19-15-9-5-13(6-10-15)2-1-12-3-7-14(8-4-12)17(22)20-16-11-21(24)18(16)23;1-2/h3-10,16,24H,11,19H2,(H,20,22);1-2H2. The van der Waals surface area contributed by atoms with Crippen molar-refractivity contribution in [3.05, 3.63) is 78.4 Å². The van der Waals surface area contributed by atoms with Gasteiger partial charge in [0.05, 0.1) is 6.54 Å². The Hall–Kier alpha value is -3.56. The maximum absolute atomic E-state index is 12.0. The molecule has 6 heteroatoms. The van der Waals surface area contributed by atoms with Crippen molar-refractivity contribution in [2.75, 3.05) is 12.3 Å². The number of nitrogens with two attached hydrogens (primary N) is 1. The van der Waals surface area contributed by atoms with Gasteiger partial charge in [-0.05, 0) is 48.5 Å². The van der Waals surface area contributed by atoms with E-state index in [4.69, 9.17) is 10.9 Å². The van der Waals surface area contributed by atoms with Gasteiger partial charge in [0.1, 0.15) is 6.04 Å². The van der Waals surface area contributed by atoms with Crippen molar-refractivity contribution in [3.63, 3.8) is 0 Å². The Balaban J connectivity index is 0.00000117. The number of nitrogens with zero attached hydrogens (tertiary/aromatic N) is 1. The molecule has 0 radical (unpaired) electrons. The lowest BCUT2D eigenvalue weighted by Gasteiger charge is -2.33. The van der Waals surface area contributed by atoms with E-state index in [1.54, 1.807) is 36.4 Å². The molecule has 1 heterocycles. The number of benzene rings is 2. The number of anilines is 1. The van der Waals surface area contributed by atoms with Gasteiger partial charge in [0.15, 0.2) is 0 Å². The molecule has 3 rings (SSSR count). The topological polar surface area (TPSA) is 95.7 Å². The molecule has 0 aromatic heterocycles. The Morgan fingerprint density at radius 3 is 2.04 bits per heavy atom. The molecule has 0 saturated carbocycles. The van der Waals surface area contributed by atoms with Crippen LogP contribution in [-0.2, 0) is 4.79 Å². The Bertz CT molecular complexity index is 849. The highest BCUT2D eigenvalue weighted by Gasteiger charge is 2.37.